The molecule has 116 valence electrons. The monoisotopic (exact) mass is 286 g/mol. The summed E-state index contributed by atoms with van der Waals surface area (Å²) in [7, 11) is 0. The Hall–Kier alpha value is -1.73. The zero-order valence-electron chi connectivity index (χ0n) is 12.8. The first kappa shape index (κ1) is 18.3. The number of nitrogens with zero attached hydrogens (tertiary/aromatic N) is 2. The molecule has 0 heterocycles. The van der Waals surface area contributed by atoms with Crippen molar-refractivity contribution in [1.29, 1.82) is 0 Å². The van der Waals surface area contributed by atoms with Gasteiger partial charge in [0.05, 0.1) is 13.1 Å². The van der Waals surface area contributed by atoms with E-state index in [1.165, 1.54) is 10.1 Å². The fourth-order valence-electron chi connectivity index (χ4n) is 1.31. The minimum Gasteiger partial charge on any atom is -0.329 e. The van der Waals surface area contributed by atoms with Gasteiger partial charge in [0.2, 0.25) is 0 Å². The Kier molecular flexibility index (Phi) is 9.23. The molecule has 4 N–H and O–H groups in total. The number of rotatable bonds is 8. The number of hydrogen-bond donors (Lipinski definition) is 2. The summed E-state index contributed by atoms with van der Waals surface area (Å²) >= 11 is 0. The van der Waals surface area contributed by atoms with Gasteiger partial charge in [0, 0.05) is 25.5 Å². The molecule has 0 rings (SSSR count). The van der Waals surface area contributed by atoms with E-state index in [1.54, 1.807) is 12.4 Å². The van der Waals surface area contributed by atoms with E-state index < -0.39 is 6.16 Å². The first-order chi connectivity index (χ1) is 9.38. The van der Waals surface area contributed by atoms with Crippen LogP contribution in [0.4, 0.5) is 4.79 Å². The molecule has 0 aliphatic heterocycles. The third kappa shape index (κ3) is 9.23. The normalized spacial score (nSPS) is 9.50. The highest BCUT2D eigenvalue weighted by Gasteiger charge is 2.13. The molecule has 0 aromatic rings. The van der Waals surface area contributed by atoms with Gasteiger partial charge in [-0.25, -0.2) is 10.1 Å². The van der Waals surface area contributed by atoms with E-state index in [-0.39, 0.29) is 0 Å². The summed E-state index contributed by atoms with van der Waals surface area (Å²) in [4.78, 5) is 21.8. The van der Waals surface area contributed by atoms with Crippen molar-refractivity contribution in [2.24, 2.45) is 11.5 Å². The van der Waals surface area contributed by atoms with Gasteiger partial charge in [-0.2, -0.15) is 4.79 Å². The van der Waals surface area contributed by atoms with E-state index in [2.05, 4.69) is 0 Å². The van der Waals surface area contributed by atoms with Crippen LogP contribution in [0.5, 0.6) is 0 Å². The standard InChI is InChI=1S/C13H26N4O3/c1-11(2)9-16(7-5-14)19-13(18)20-17(8-6-15)10-12(3)4/h9-10H,5-8,14-15H2,1-4H3. The Morgan fingerprint density at radius 3 is 1.50 bits per heavy atom. The van der Waals surface area contributed by atoms with Crippen molar-refractivity contribution < 1.29 is 14.5 Å². The van der Waals surface area contributed by atoms with Gasteiger partial charge in [-0.15, -0.1) is 0 Å². The lowest BCUT2D eigenvalue weighted by Crippen LogP contribution is -2.33. The van der Waals surface area contributed by atoms with Gasteiger partial charge in [-0.3, -0.25) is 0 Å². The maximum absolute atomic E-state index is 11.7. The molecule has 0 unspecified atom stereocenters. The molecule has 0 saturated heterocycles. The van der Waals surface area contributed by atoms with E-state index >= 15 is 0 Å². The van der Waals surface area contributed by atoms with Crippen LogP contribution in [0.15, 0.2) is 23.5 Å². The van der Waals surface area contributed by atoms with Gasteiger partial charge < -0.3 is 21.1 Å². The van der Waals surface area contributed by atoms with Gasteiger partial charge in [-0.1, -0.05) is 11.1 Å². The van der Waals surface area contributed by atoms with Crippen molar-refractivity contribution in [2.75, 3.05) is 26.2 Å². The molecule has 0 spiro atoms. The van der Waals surface area contributed by atoms with E-state index in [1.807, 2.05) is 27.7 Å². The average Bonchev–Trinajstić information content (AvgIpc) is 2.27. The Morgan fingerprint density at radius 1 is 0.900 bits per heavy atom. The zero-order valence-corrected chi connectivity index (χ0v) is 12.8. The van der Waals surface area contributed by atoms with E-state index in [0.717, 1.165) is 11.1 Å². The molecular weight excluding hydrogens is 260 g/mol. The zero-order chi connectivity index (χ0) is 15.5. The Balaban J connectivity index is 4.55. The average molecular weight is 286 g/mol. The van der Waals surface area contributed by atoms with Crippen molar-refractivity contribution in [3.63, 3.8) is 0 Å². The molecule has 7 nitrogen and oxygen atoms in total. The van der Waals surface area contributed by atoms with Crippen LogP contribution in [0.25, 0.3) is 0 Å². The van der Waals surface area contributed by atoms with Crippen LogP contribution >= 0.6 is 0 Å². The van der Waals surface area contributed by atoms with Crippen LogP contribution in [0.1, 0.15) is 27.7 Å². The topological polar surface area (TPSA) is 94.0 Å². The third-order valence-corrected chi connectivity index (χ3v) is 1.89. The highest BCUT2D eigenvalue weighted by molar-refractivity contribution is 5.59. The number of hydrogen-bond acceptors (Lipinski definition) is 7. The van der Waals surface area contributed by atoms with E-state index in [4.69, 9.17) is 21.1 Å². The van der Waals surface area contributed by atoms with Gasteiger partial charge in [-0.05, 0) is 27.7 Å². The van der Waals surface area contributed by atoms with Gasteiger partial charge >= 0.3 is 6.16 Å². The third-order valence-electron chi connectivity index (χ3n) is 1.89. The molecule has 0 fully saturated rings. The summed E-state index contributed by atoms with van der Waals surface area (Å²) in [5, 5.41) is 2.70. The first-order valence-electron chi connectivity index (χ1n) is 6.52. The fourth-order valence-corrected chi connectivity index (χ4v) is 1.31. The minimum atomic E-state index is -0.832. The largest absolute Gasteiger partial charge is 0.558 e. The SMILES string of the molecule is CC(C)=CN(CCN)OC(=O)ON(C=C(C)C)CCN. The number of hydroxylamine groups is 4. The minimum absolute atomic E-state index is 0.359. The number of nitrogens with two attached hydrogens (primary N) is 2. The number of allylic oxidation sites excluding steroid dienone is 2. The number of carbonyl (C=O) groups is 1. The maximum Gasteiger partial charge on any atom is 0.558 e. The highest BCUT2D eigenvalue weighted by Crippen LogP contribution is 2.03. The molecule has 0 radical (unpaired) electrons. The molecule has 0 aromatic carbocycles. The van der Waals surface area contributed by atoms with Crippen LogP contribution in [0, 0.1) is 0 Å². The lowest BCUT2D eigenvalue weighted by molar-refractivity contribution is -0.151. The smallest absolute Gasteiger partial charge is 0.329 e. The molecule has 0 aromatic heterocycles. The molecule has 0 aliphatic rings. The second-order valence-electron chi connectivity index (χ2n) is 4.70. The lowest BCUT2D eigenvalue weighted by Gasteiger charge is -2.22. The molecular formula is C13H26N4O3. The van der Waals surface area contributed by atoms with Crippen LogP contribution in [0.2, 0.25) is 0 Å². The summed E-state index contributed by atoms with van der Waals surface area (Å²) in [6.45, 7) is 9.06. The summed E-state index contributed by atoms with van der Waals surface area (Å²) in [6, 6.07) is 0. The van der Waals surface area contributed by atoms with Crippen LogP contribution in [-0.2, 0) is 9.68 Å². The lowest BCUT2D eigenvalue weighted by atomic mass is 10.4. The molecule has 20 heavy (non-hydrogen) atoms. The second-order valence-corrected chi connectivity index (χ2v) is 4.70. The molecule has 7 heteroatoms. The van der Waals surface area contributed by atoms with Crippen molar-refractivity contribution in [3.8, 4) is 0 Å². The van der Waals surface area contributed by atoms with Crippen molar-refractivity contribution in [1.82, 2.24) is 10.1 Å². The molecule has 0 bridgehead atoms. The molecule has 0 atom stereocenters. The highest BCUT2D eigenvalue weighted by atomic mass is 16.9. The maximum atomic E-state index is 11.7. The van der Waals surface area contributed by atoms with Crippen molar-refractivity contribution in [2.45, 2.75) is 27.7 Å². The number of carbonyl (C=O) groups excluding carboxylic acids is 1. The summed E-state index contributed by atoms with van der Waals surface area (Å²) in [5.74, 6) is 0. The quantitative estimate of drug-likeness (QED) is 0.650. The predicted molar refractivity (Wildman–Crippen MR) is 77.9 cm³/mol. The Bertz CT molecular complexity index is 316. The van der Waals surface area contributed by atoms with Crippen LogP contribution < -0.4 is 11.5 Å². The second kappa shape index (κ2) is 10.1. The fraction of sp³-hybridized carbons (Fsp3) is 0.615. The summed E-state index contributed by atoms with van der Waals surface area (Å²) < 4.78 is 0. The van der Waals surface area contributed by atoms with Crippen molar-refractivity contribution in [3.05, 3.63) is 23.5 Å². The molecule has 0 amide bonds. The Morgan fingerprint density at radius 2 is 1.25 bits per heavy atom. The van der Waals surface area contributed by atoms with Crippen molar-refractivity contribution >= 4 is 6.16 Å². The van der Waals surface area contributed by atoms with Crippen LogP contribution in [0.3, 0.4) is 0 Å². The van der Waals surface area contributed by atoms with Gasteiger partial charge in [0.25, 0.3) is 0 Å². The first-order valence-corrected chi connectivity index (χ1v) is 6.52. The van der Waals surface area contributed by atoms with E-state index in [9.17, 15) is 4.79 Å². The van der Waals surface area contributed by atoms with E-state index in [0.29, 0.717) is 26.2 Å². The van der Waals surface area contributed by atoms with Crippen LogP contribution in [-0.4, -0.2) is 42.5 Å². The van der Waals surface area contributed by atoms with Gasteiger partial charge in [0.15, 0.2) is 0 Å². The predicted octanol–water partition coefficient (Wildman–Crippen LogP) is 1.34. The van der Waals surface area contributed by atoms with Gasteiger partial charge in [0.1, 0.15) is 0 Å². The molecule has 0 saturated carbocycles. The Labute approximate surface area is 120 Å². The summed E-state index contributed by atoms with van der Waals surface area (Å²) in [6.07, 6.45) is 2.53. The molecule has 0 aliphatic carbocycles. The summed E-state index contributed by atoms with van der Waals surface area (Å²) in [5.41, 5.74) is 12.9.